The first kappa shape index (κ1) is 14.4. The Morgan fingerprint density at radius 3 is 2.91 bits per heavy atom. The third kappa shape index (κ3) is 3.20. The number of aromatic nitrogens is 3. The molecule has 1 atom stereocenters. The Balaban J connectivity index is 1.86. The summed E-state index contributed by atoms with van der Waals surface area (Å²) in [7, 11) is 0. The number of amides is 1. The number of primary amides is 1. The lowest BCUT2D eigenvalue weighted by Crippen LogP contribution is -2.34. The number of hydrogen-bond donors (Lipinski definition) is 2. The molecule has 22 heavy (non-hydrogen) atoms. The second-order valence-corrected chi connectivity index (χ2v) is 5.22. The van der Waals surface area contributed by atoms with E-state index in [4.69, 9.17) is 5.73 Å². The SMILES string of the molecule is NC(=O)CN1CCCC1c1nccnc1Nc1ccccn1. The van der Waals surface area contributed by atoms with Crippen molar-refractivity contribution >= 4 is 17.5 Å². The Morgan fingerprint density at radius 2 is 2.14 bits per heavy atom. The fraction of sp³-hybridized carbons (Fsp3) is 0.333. The van der Waals surface area contributed by atoms with Gasteiger partial charge >= 0.3 is 0 Å². The van der Waals surface area contributed by atoms with E-state index in [0.29, 0.717) is 11.6 Å². The van der Waals surface area contributed by atoms with Gasteiger partial charge in [0.2, 0.25) is 5.91 Å². The largest absolute Gasteiger partial charge is 0.369 e. The van der Waals surface area contributed by atoms with Gasteiger partial charge in [0.1, 0.15) is 11.5 Å². The molecular formula is C15H18N6O. The normalized spacial score (nSPS) is 18.3. The van der Waals surface area contributed by atoms with Crippen molar-refractivity contribution in [2.75, 3.05) is 18.4 Å². The summed E-state index contributed by atoms with van der Waals surface area (Å²) in [4.78, 5) is 26.4. The van der Waals surface area contributed by atoms with Gasteiger partial charge in [-0.15, -0.1) is 0 Å². The molecule has 1 saturated heterocycles. The molecule has 1 amide bonds. The first-order valence-electron chi connectivity index (χ1n) is 7.25. The molecule has 1 unspecified atom stereocenters. The van der Waals surface area contributed by atoms with Crippen LogP contribution in [0, 0.1) is 0 Å². The molecule has 0 aromatic carbocycles. The number of pyridine rings is 1. The van der Waals surface area contributed by atoms with Crippen LogP contribution >= 0.6 is 0 Å². The molecule has 0 radical (unpaired) electrons. The van der Waals surface area contributed by atoms with E-state index in [1.54, 1.807) is 18.6 Å². The standard InChI is InChI=1S/C15H18N6O/c16-12(22)10-21-9-3-4-11(21)14-15(19-8-7-18-14)20-13-5-1-2-6-17-13/h1-2,5-8,11H,3-4,9-10H2,(H2,16,22)(H,17,19,20). The lowest BCUT2D eigenvalue weighted by Gasteiger charge is -2.23. The predicted octanol–water partition coefficient (Wildman–Crippen LogP) is 1.24. The zero-order valence-corrected chi connectivity index (χ0v) is 12.1. The van der Waals surface area contributed by atoms with E-state index in [2.05, 4.69) is 25.2 Å². The number of likely N-dealkylation sites (tertiary alicyclic amines) is 1. The summed E-state index contributed by atoms with van der Waals surface area (Å²) in [6.07, 6.45) is 6.97. The average molecular weight is 298 g/mol. The molecule has 0 spiro atoms. The Labute approximate surface area is 128 Å². The second-order valence-electron chi connectivity index (χ2n) is 5.22. The van der Waals surface area contributed by atoms with Crippen molar-refractivity contribution in [2.45, 2.75) is 18.9 Å². The van der Waals surface area contributed by atoms with Crippen LogP contribution in [-0.2, 0) is 4.79 Å². The zero-order valence-electron chi connectivity index (χ0n) is 12.1. The highest BCUT2D eigenvalue weighted by Gasteiger charge is 2.30. The zero-order chi connectivity index (χ0) is 15.4. The van der Waals surface area contributed by atoms with Crippen molar-refractivity contribution in [1.82, 2.24) is 19.9 Å². The summed E-state index contributed by atoms with van der Waals surface area (Å²) < 4.78 is 0. The lowest BCUT2D eigenvalue weighted by molar-refractivity contribution is -0.119. The smallest absolute Gasteiger partial charge is 0.231 e. The van der Waals surface area contributed by atoms with Gasteiger partial charge in [-0.1, -0.05) is 6.07 Å². The van der Waals surface area contributed by atoms with Crippen molar-refractivity contribution in [3.63, 3.8) is 0 Å². The average Bonchev–Trinajstić information content (AvgIpc) is 2.96. The molecule has 1 fully saturated rings. The number of carbonyl (C=O) groups excluding carboxylic acids is 1. The van der Waals surface area contributed by atoms with Gasteiger partial charge in [-0.2, -0.15) is 0 Å². The predicted molar refractivity (Wildman–Crippen MR) is 82.3 cm³/mol. The molecule has 2 aromatic heterocycles. The van der Waals surface area contributed by atoms with Crippen LogP contribution < -0.4 is 11.1 Å². The van der Waals surface area contributed by atoms with E-state index >= 15 is 0 Å². The van der Waals surface area contributed by atoms with Crippen LogP contribution in [0.2, 0.25) is 0 Å². The third-order valence-electron chi connectivity index (χ3n) is 3.68. The molecule has 0 saturated carbocycles. The molecule has 0 aliphatic carbocycles. The van der Waals surface area contributed by atoms with Crippen LogP contribution in [0.25, 0.3) is 0 Å². The van der Waals surface area contributed by atoms with Gasteiger partial charge in [0.05, 0.1) is 12.6 Å². The monoisotopic (exact) mass is 298 g/mol. The summed E-state index contributed by atoms with van der Waals surface area (Å²) in [5, 5.41) is 3.20. The Hall–Kier alpha value is -2.54. The number of carbonyl (C=O) groups is 1. The molecule has 3 rings (SSSR count). The van der Waals surface area contributed by atoms with E-state index in [0.717, 1.165) is 25.1 Å². The van der Waals surface area contributed by atoms with Crippen molar-refractivity contribution in [3.8, 4) is 0 Å². The van der Waals surface area contributed by atoms with Crippen molar-refractivity contribution < 1.29 is 4.79 Å². The Bertz CT molecular complexity index is 647. The third-order valence-corrected chi connectivity index (χ3v) is 3.68. The first-order chi connectivity index (χ1) is 10.7. The van der Waals surface area contributed by atoms with Crippen LogP contribution in [0.5, 0.6) is 0 Å². The fourth-order valence-corrected chi connectivity index (χ4v) is 2.77. The van der Waals surface area contributed by atoms with Crippen LogP contribution in [0.4, 0.5) is 11.6 Å². The summed E-state index contributed by atoms with van der Waals surface area (Å²) in [6.45, 7) is 1.08. The van der Waals surface area contributed by atoms with Gasteiger partial charge < -0.3 is 11.1 Å². The lowest BCUT2D eigenvalue weighted by atomic mass is 10.1. The molecule has 7 nitrogen and oxygen atoms in total. The van der Waals surface area contributed by atoms with Gasteiger partial charge in [-0.3, -0.25) is 14.7 Å². The molecule has 2 aromatic rings. The summed E-state index contributed by atoms with van der Waals surface area (Å²) >= 11 is 0. The van der Waals surface area contributed by atoms with Gasteiger partial charge in [0.15, 0.2) is 5.82 Å². The highest BCUT2D eigenvalue weighted by Crippen LogP contribution is 2.33. The number of nitrogens with two attached hydrogens (primary N) is 1. The number of hydrogen-bond acceptors (Lipinski definition) is 6. The summed E-state index contributed by atoms with van der Waals surface area (Å²) in [5.41, 5.74) is 6.16. The molecule has 3 N–H and O–H groups in total. The highest BCUT2D eigenvalue weighted by molar-refractivity contribution is 5.76. The van der Waals surface area contributed by atoms with Gasteiger partial charge in [0, 0.05) is 18.6 Å². The van der Waals surface area contributed by atoms with Crippen LogP contribution in [0.1, 0.15) is 24.6 Å². The number of anilines is 2. The number of nitrogens with one attached hydrogen (secondary N) is 1. The van der Waals surface area contributed by atoms with Gasteiger partial charge in [-0.05, 0) is 31.5 Å². The van der Waals surface area contributed by atoms with Gasteiger partial charge in [0.25, 0.3) is 0 Å². The highest BCUT2D eigenvalue weighted by atomic mass is 16.1. The van der Waals surface area contributed by atoms with Crippen LogP contribution in [0.3, 0.4) is 0 Å². The maximum atomic E-state index is 11.2. The van der Waals surface area contributed by atoms with Crippen molar-refractivity contribution in [1.29, 1.82) is 0 Å². The summed E-state index contributed by atoms with van der Waals surface area (Å²) in [5.74, 6) is 1.06. The molecule has 3 heterocycles. The molecule has 7 heteroatoms. The van der Waals surface area contributed by atoms with E-state index in [1.807, 2.05) is 18.2 Å². The Kier molecular flexibility index (Phi) is 4.24. The minimum absolute atomic E-state index is 0.0485. The number of nitrogens with zero attached hydrogens (tertiary/aromatic N) is 4. The van der Waals surface area contributed by atoms with E-state index in [1.165, 1.54) is 0 Å². The molecular weight excluding hydrogens is 280 g/mol. The van der Waals surface area contributed by atoms with E-state index in [-0.39, 0.29) is 18.5 Å². The van der Waals surface area contributed by atoms with Crippen molar-refractivity contribution in [2.24, 2.45) is 5.73 Å². The Morgan fingerprint density at radius 1 is 1.27 bits per heavy atom. The second kappa shape index (κ2) is 6.48. The molecule has 1 aliphatic heterocycles. The van der Waals surface area contributed by atoms with Crippen molar-refractivity contribution in [3.05, 3.63) is 42.5 Å². The molecule has 114 valence electrons. The fourth-order valence-electron chi connectivity index (χ4n) is 2.77. The molecule has 1 aliphatic rings. The summed E-state index contributed by atoms with van der Waals surface area (Å²) in [6, 6.07) is 5.68. The quantitative estimate of drug-likeness (QED) is 0.862. The number of rotatable bonds is 5. The molecule has 0 bridgehead atoms. The van der Waals surface area contributed by atoms with E-state index in [9.17, 15) is 4.79 Å². The first-order valence-corrected chi connectivity index (χ1v) is 7.25. The van der Waals surface area contributed by atoms with E-state index < -0.39 is 0 Å². The minimum Gasteiger partial charge on any atom is -0.369 e. The topological polar surface area (TPSA) is 97.0 Å². The van der Waals surface area contributed by atoms with Crippen LogP contribution in [0.15, 0.2) is 36.8 Å². The maximum absolute atomic E-state index is 11.2. The van der Waals surface area contributed by atoms with Crippen LogP contribution in [-0.4, -0.2) is 38.8 Å². The van der Waals surface area contributed by atoms with Gasteiger partial charge in [-0.25, -0.2) is 9.97 Å². The minimum atomic E-state index is -0.324. The maximum Gasteiger partial charge on any atom is 0.231 e.